The van der Waals surface area contributed by atoms with Crippen LogP contribution >= 0.6 is 0 Å². The zero-order chi connectivity index (χ0) is 27.7. The predicted octanol–water partition coefficient (Wildman–Crippen LogP) is 5.14. The number of hydrogen-bond acceptors (Lipinski definition) is 6. The second-order valence-electron chi connectivity index (χ2n) is 9.93. The highest BCUT2D eigenvalue weighted by Gasteiger charge is 2.13. The van der Waals surface area contributed by atoms with E-state index in [4.69, 9.17) is 9.47 Å². The van der Waals surface area contributed by atoms with Crippen LogP contribution in [0.2, 0.25) is 0 Å². The number of carbonyl (C=O) groups is 2. The van der Waals surface area contributed by atoms with Gasteiger partial charge in [-0.2, -0.15) is 0 Å². The SMILES string of the molecule is COc1ccc(C(=O)Nc2ccc(-c3ccc(C(=O)OCCN(C)C)cc3C)cc2)cc1CCCN(C)C. The van der Waals surface area contributed by atoms with Gasteiger partial charge in [-0.05, 0) is 119 Å². The van der Waals surface area contributed by atoms with Crippen molar-refractivity contribution in [2.45, 2.75) is 19.8 Å². The first-order valence-electron chi connectivity index (χ1n) is 12.8. The summed E-state index contributed by atoms with van der Waals surface area (Å²) in [5.74, 6) is 0.314. The largest absolute Gasteiger partial charge is 0.496 e. The molecule has 7 heteroatoms. The maximum atomic E-state index is 13.0. The second-order valence-corrected chi connectivity index (χ2v) is 9.93. The van der Waals surface area contributed by atoms with E-state index in [1.807, 2.05) is 88.5 Å². The number of amides is 1. The molecule has 0 aliphatic heterocycles. The molecule has 3 rings (SSSR count). The van der Waals surface area contributed by atoms with E-state index in [0.29, 0.717) is 30.0 Å². The average molecular weight is 518 g/mol. The molecule has 1 amide bonds. The van der Waals surface area contributed by atoms with Crippen LogP contribution in [-0.2, 0) is 11.2 Å². The number of benzene rings is 3. The van der Waals surface area contributed by atoms with Gasteiger partial charge in [0.15, 0.2) is 0 Å². The third-order valence-electron chi connectivity index (χ3n) is 6.28. The third kappa shape index (κ3) is 8.16. The molecule has 202 valence electrons. The van der Waals surface area contributed by atoms with Crippen molar-refractivity contribution in [1.82, 2.24) is 9.80 Å². The normalized spacial score (nSPS) is 11.1. The summed E-state index contributed by atoms with van der Waals surface area (Å²) in [7, 11) is 9.62. The number of nitrogens with zero attached hydrogens (tertiary/aromatic N) is 2. The summed E-state index contributed by atoms with van der Waals surface area (Å²) in [5, 5.41) is 2.99. The van der Waals surface area contributed by atoms with Gasteiger partial charge >= 0.3 is 5.97 Å². The van der Waals surface area contributed by atoms with Crippen LogP contribution in [0, 0.1) is 6.92 Å². The number of rotatable bonds is 12. The summed E-state index contributed by atoms with van der Waals surface area (Å²) in [6.45, 7) is 3.98. The molecule has 0 aliphatic rings. The fraction of sp³-hybridized carbons (Fsp3) is 0.355. The number of carbonyl (C=O) groups excluding carboxylic acids is 2. The van der Waals surface area contributed by atoms with Gasteiger partial charge in [0.1, 0.15) is 12.4 Å². The van der Waals surface area contributed by atoms with Gasteiger partial charge in [-0.15, -0.1) is 0 Å². The van der Waals surface area contributed by atoms with Gasteiger partial charge in [0.2, 0.25) is 0 Å². The minimum absolute atomic E-state index is 0.164. The molecule has 1 N–H and O–H groups in total. The molecular formula is C31H39N3O4. The number of esters is 1. The monoisotopic (exact) mass is 517 g/mol. The summed E-state index contributed by atoms with van der Waals surface area (Å²) in [6, 6.07) is 18.8. The first-order chi connectivity index (χ1) is 18.2. The van der Waals surface area contributed by atoms with Crippen molar-refractivity contribution >= 4 is 17.6 Å². The Bertz CT molecular complexity index is 1240. The van der Waals surface area contributed by atoms with E-state index in [2.05, 4.69) is 10.2 Å². The van der Waals surface area contributed by atoms with Gasteiger partial charge in [0, 0.05) is 17.8 Å². The molecular weight excluding hydrogens is 478 g/mol. The van der Waals surface area contributed by atoms with E-state index >= 15 is 0 Å². The van der Waals surface area contributed by atoms with Crippen LogP contribution in [-0.4, -0.2) is 76.7 Å². The highest BCUT2D eigenvalue weighted by atomic mass is 16.5. The number of ether oxygens (including phenoxy) is 2. The number of anilines is 1. The van der Waals surface area contributed by atoms with E-state index in [1.54, 1.807) is 19.2 Å². The molecule has 0 unspecified atom stereocenters. The molecule has 7 nitrogen and oxygen atoms in total. The van der Waals surface area contributed by atoms with Crippen molar-refractivity contribution < 1.29 is 19.1 Å². The lowest BCUT2D eigenvalue weighted by Gasteiger charge is -2.13. The number of hydrogen-bond donors (Lipinski definition) is 1. The Hall–Kier alpha value is -3.68. The molecule has 0 bridgehead atoms. The highest BCUT2D eigenvalue weighted by molar-refractivity contribution is 6.04. The topological polar surface area (TPSA) is 71.1 Å². The van der Waals surface area contributed by atoms with Crippen LogP contribution in [0.1, 0.15) is 38.3 Å². The number of likely N-dealkylation sites (N-methyl/N-ethyl adjacent to an activating group) is 1. The standard InChI is InChI=1S/C31H39N3O4/c1-22-20-26(31(36)38-19-18-34(4)5)11-15-28(22)23-9-13-27(14-10-23)32-30(35)25-12-16-29(37-6)24(21-25)8-7-17-33(2)3/h9-16,20-21H,7-8,17-19H2,1-6H3,(H,32,35). The summed E-state index contributed by atoms with van der Waals surface area (Å²) >= 11 is 0. The molecule has 3 aromatic rings. The van der Waals surface area contributed by atoms with E-state index in [0.717, 1.165) is 47.4 Å². The van der Waals surface area contributed by atoms with Crippen LogP contribution in [0.3, 0.4) is 0 Å². The lowest BCUT2D eigenvalue weighted by Crippen LogP contribution is -2.20. The van der Waals surface area contributed by atoms with Gasteiger partial charge < -0.3 is 24.6 Å². The Balaban J connectivity index is 1.66. The third-order valence-corrected chi connectivity index (χ3v) is 6.28. The van der Waals surface area contributed by atoms with Crippen LogP contribution in [0.4, 0.5) is 5.69 Å². The van der Waals surface area contributed by atoms with Gasteiger partial charge in [-0.1, -0.05) is 18.2 Å². The number of nitrogens with one attached hydrogen (secondary N) is 1. The molecule has 0 aliphatic carbocycles. The molecule has 0 atom stereocenters. The molecule has 0 aromatic heterocycles. The van der Waals surface area contributed by atoms with E-state index in [-0.39, 0.29) is 11.9 Å². The van der Waals surface area contributed by atoms with Crippen molar-refractivity contribution in [2.24, 2.45) is 0 Å². The zero-order valence-corrected chi connectivity index (χ0v) is 23.3. The average Bonchev–Trinajstić information content (AvgIpc) is 2.88. The summed E-state index contributed by atoms with van der Waals surface area (Å²) in [5.41, 5.74) is 5.86. The maximum Gasteiger partial charge on any atom is 0.338 e. The van der Waals surface area contributed by atoms with E-state index in [1.165, 1.54) is 0 Å². The zero-order valence-electron chi connectivity index (χ0n) is 23.3. The predicted molar refractivity (Wildman–Crippen MR) is 153 cm³/mol. The molecule has 0 radical (unpaired) electrons. The van der Waals surface area contributed by atoms with Crippen LogP contribution < -0.4 is 10.1 Å². The van der Waals surface area contributed by atoms with Crippen molar-refractivity contribution in [3.8, 4) is 16.9 Å². The van der Waals surface area contributed by atoms with Gasteiger partial charge in [0.25, 0.3) is 5.91 Å². The maximum absolute atomic E-state index is 13.0. The van der Waals surface area contributed by atoms with Gasteiger partial charge in [-0.3, -0.25) is 4.79 Å². The van der Waals surface area contributed by atoms with Crippen molar-refractivity contribution in [3.63, 3.8) is 0 Å². The molecule has 0 heterocycles. The fourth-order valence-electron chi connectivity index (χ4n) is 4.16. The van der Waals surface area contributed by atoms with Crippen LogP contribution in [0.25, 0.3) is 11.1 Å². The molecule has 0 spiro atoms. The highest BCUT2D eigenvalue weighted by Crippen LogP contribution is 2.27. The van der Waals surface area contributed by atoms with Gasteiger partial charge in [0.05, 0.1) is 12.7 Å². The Morgan fingerprint density at radius 3 is 2.16 bits per heavy atom. The smallest absolute Gasteiger partial charge is 0.338 e. The van der Waals surface area contributed by atoms with Crippen LogP contribution in [0.5, 0.6) is 5.75 Å². The minimum Gasteiger partial charge on any atom is -0.496 e. The molecule has 38 heavy (non-hydrogen) atoms. The molecule has 0 saturated carbocycles. The summed E-state index contributed by atoms with van der Waals surface area (Å²) < 4.78 is 10.8. The Morgan fingerprint density at radius 1 is 0.842 bits per heavy atom. The Labute approximate surface area is 226 Å². The minimum atomic E-state index is -0.320. The van der Waals surface area contributed by atoms with E-state index in [9.17, 15) is 9.59 Å². The second kappa shape index (κ2) is 13.7. The van der Waals surface area contributed by atoms with Crippen LogP contribution in [0.15, 0.2) is 60.7 Å². The number of aryl methyl sites for hydroxylation is 2. The Morgan fingerprint density at radius 2 is 1.53 bits per heavy atom. The molecule has 0 saturated heterocycles. The van der Waals surface area contributed by atoms with Crippen molar-refractivity contribution in [3.05, 3.63) is 82.9 Å². The van der Waals surface area contributed by atoms with Crippen molar-refractivity contribution in [1.29, 1.82) is 0 Å². The quantitative estimate of drug-likeness (QED) is 0.336. The fourth-order valence-corrected chi connectivity index (χ4v) is 4.16. The van der Waals surface area contributed by atoms with Crippen molar-refractivity contribution in [2.75, 3.05) is 60.3 Å². The Kier molecular flexibility index (Phi) is 10.4. The summed E-state index contributed by atoms with van der Waals surface area (Å²) in [6.07, 6.45) is 1.82. The molecule has 3 aromatic carbocycles. The summed E-state index contributed by atoms with van der Waals surface area (Å²) in [4.78, 5) is 29.4. The van der Waals surface area contributed by atoms with Gasteiger partial charge in [-0.25, -0.2) is 4.79 Å². The number of methoxy groups -OCH3 is 1. The first kappa shape index (κ1) is 28.9. The first-order valence-corrected chi connectivity index (χ1v) is 12.8. The van der Waals surface area contributed by atoms with E-state index < -0.39 is 0 Å². The molecule has 0 fully saturated rings. The lowest BCUT2D eigenvalue weighted by molar-refractivity contribution is 0.0481. The lowest BCUT2D eigenvalue weighted by atomic mass is 9.98.